The van der Waals surface area contributed by atoms with Crippen molar-refractivity contribution in [1.82, 2.24) is 14.7 Å². The summed E-state index contributed by atoms with van der Waals surface area (Å²) in [6.45, 7) is 5.46. The zero-order valence-corrected chi connectivity index (χ0v) is 20.8. The molecule has 8 nitrogen and oxygen atoms in total. The van der Waals surface area contributed by atoms with Crippen LogP contribution in [0.3, 0.4) is 0 Å². The van der Waals surface area contributed by atoms with Crippen LogP contribution in [0.5, 0.6) is 0 Å². The van der Waals surface area contributed by atoms with Gasteiger partial charge in [0.1, 0.15) is 5.82 Å². The highest BCUT2D eigenvalue weighted by molar-refractivity contribution is 5.96. The smallest absolute Gasteiger partial charge is 0.407 e. The highest BCUT2D eigenvalue weighted by Gasteiger charge is 2.30. The summed E-state index contributed by atoms with van der Waals surface area (Å²) in [4.78, 5) is 44.1. The van der Waals surface area contributed by atoms with E-state index in [1.165, 1.54) is 23.1 Å². The third-order valence-electron chi connectivity index (χ3n) is 7.22. The van der Waals surface area contributed by atoms with Crippen molar-refractivity contribution in [2.75, 3.05) is 44.7 Å². The summed E-state index contributed by atoms with van der Waals surface area (Å²) in [5.41, 5.74) is 2.25. The van der Waals surface area contributed by atoms with Gasteiger partial charge in [-0.3, -0.25) is 14.5 Å². The predicted molar refractivity (Wildman–Crippen MR) is 134 cm³/mol. The van der Waals surface area contributed by atoms with Crippen LogP contribution in [0.1, 0.15) is 35.7 Å². The quantitative estimate of drug-likeness (QED) is 0.685. The van der Waals surface area contributed by atoms with Crippen molar-refractivity contribution >= 4 is 23.6 Å². The maximum atomic E-state index is 13.5. The Kier molecular flexibility index (Phi) is 7.88. The number of likely N-dealkylation sites (tertiary alicyclic amines) is 1. The topological polar surface area (TPSA) is 84.4 Å². The van der Waals surface area contributed by atoms with Gasteiger partial charge in [0.05, 0.1) is 0 Å². The van der Waals surface area contributed by atoms with Crippen LogP contribution in [0.25, 0.3) is 0 Å². The van der Waals surface area contributed by atoms with E-state index in [1.54, 1.807) is 22.9 Å². The number of carbonyl (C=O) groups excluding carboxylic acids is 2. The molecule has 0 bridgehead atoms. The first-order chi connectivity index (χ1) is 17.2. The molecule has 0 unspecified atom stereocenters. The molecule has 0 radical (unpaired) electrons. The summed E-state index contributed by atoms with van der Waals surface area (Å²) in [5.74, 6) is -0.783. The highest BCUT2D eigenvalue weighted by Crippen LogP contribution is 2.24. The first-order valence-electron chi connectivity index (χ1n) is 12.4. The Labute approximate surface area is 210 Å². The van der Waals surface area contributed by atoms with E-state index in [4.69, 9.17) is 0 Å². The number of hydrogen-bond donors (Lipinski definition) is 1. The van der Waals surface area contributed by atoms with Crippen molar-refractivity contribution in [2.24, 2.45) is 5.92 Å². The summed E-state index contributed by atoms with van der Waals surface area (Å²) in [7, 11) is 1.77. The second-order valence-electron chi connectivity index (χ2n) is 9.70. The standard InChI is InChI=1S/C27H33FN4O4/c1-19-17-30(14-15-32(19)27(35)36)18-20-6-8-24(9-7-20)29(2)25(33)21-10-12-31(13-11-21)26(34)22-4-3-5-23(28)16-22/h3-9,16,19,21H,10-15,17-18H2,1-2H3,(H,35,36)/t19-/m0/s1. The van der Waals surface area contributed by atoms with Gasteiger partial charge in [0.2, 0.25) is 5.91 Å². The summed E-state index contributed by atoms with van der Waals surface area (Å²) < 4.78 is 13.5. The Morgan fingerprint density at radius 2 is 1.72 bits per heavy atom. The van der Waals surface area contributed by atoms with Crippen LogP contribution < -0.4 is 4.90 Å². The van der Waals surface area contributed by atoms with Gasteiger partial charge in [0.25, 0.3) is 5.91 Å². The zero-order chi connectivity index (χ0) is 25.8. The molecule has 0 spiro atoms. The molecule has 0 saturated carbocycles. The molecule has 2 aliphatic heterocycles. The van der Waals surface area contributed by atoms with Crippen LogP contribution in [0.2, 0.25) is 0 Å². The molecular formula is C27H33FN4O4. The van der Waals surface area contributed by atoms with Crippen LogP contribution in [0.15, 0.2) is 48.5 Å². The van der Waals surface area contributed by atoms with Crippen LogP contribution >= 0.6 is 0 Å². The van der Waals surface area contributed by atoms with E-state index < -0.39 is 11.9 Å². The van der Waals surface area contributed by atoms with Gasteiger partial charge in [0, 0.05) is 69.5 Å². The lowest BCUT2D eigenvalue weighted by molar-refractivity contribution is -0.123. The van der Waals surface area contributed by atoms with E-state index in [2.05, 4.69) is 4.90 Å². The minimum absolute atomic E-state index is 0.0271. The molecule has 36 heavy (non-hydrogen) atoms. The first-order valence-corrected chi connectivity index (χ1v) is 12.4. The highest BCUT2D eigenvalue weighted by atomic mass is 19.1. The van der Waals surface area contributed by atoms with Gasteiger partial charge in [-0.05, 0) is 55.7 Å². The molecule has 2 aromatic rings. The number of halogens is 1. The number of carboxylic acid groups (broad SMARTS) is 1. The number of hydrogen-bond acceptors (Lipinski definition) is 4. The lowest BCUT2D eigenvalue weighted by atomic mass is 9.94. The summed E-state index contributed by atoms with van der Waals surface area (Å²) in [5, 5.41) is 9.25. The van der Waals surface area contributed by atoms with E-state index in [0.29, 0.717) is 51.1 Å². The number of amides is 3. The zero-order valence-electron chi connectivity index (χ0n) is 20.8. The van der Waals surface area contributed by atoms with Crippen molar-refractivity contribution in [2.45, 2.75) is 32.4 Å². The molecule has 0 aliphatic carbocycles. The van der Waals surface area contributed by atoms with E-state index in [-0.39, 0.29) is 23.8 Å². The van der Waals surface area contributed by atoms with Crippen LogP contribution in [0.4, 0.5) is 14.9 Å². The fourth-order valence-corrected chi connectivity index (χ4v) is 5.08. The van der Waals surface area contributed by atoms with Gasteiger partial charge < -0.3 is 19.8 Å². The van der Waals surface area contributed by atoms with Crippen LogP contribution in [-0.2, 0) is 11.3 Å². The normalized spacial score (nSPS) is 19.2. The summed E-state index contributed by atoms with van der Waals surface area (Å²) in [6, 6.07) is 13.5. The van der Waals surface area contributed by atoms with E-state index >= 15 is 0 Å². The number of piperazine rings is 1. The predicted octanol–water partition coefficient (Wildman–Crippen LogP) is 3.53. The lowest BCUT2D eigenvalue weighted by Gasteiger charge is -2.38. The molecule has 2 saturated heterocycles. The molecular weight excluding hydrogens is 463 g/mol. The molecule has 1 N–H and O–H groups in total. The maximum Gasteiger partial charge on any atom is 0.407 e. The average molecular weight is 497 g/mol. The maximum absolute atomic E-state index is 13.5. The third-order valence-corrected chi connectivity index (χ3v) is 7.22. The van der Waals surface area contributed by atoms with Gasteiger partial charge in [0.15, 0.2) is 0 Å². The van der Waals surface area contributed by atoms with Crippen LogP contribution in [-0.4, -0.2) is 83.5 Å². The van der Waals surface area contributed by atoms with Crippen molar-refractivity contribution in [3.63, 3.8) is 0 Å². The Balaban J connectivity index is 1.28. The van der Waals surface area contributed by atoms with Crippen molar-refractivity contribution < 1.29 is 23.9 Å². The van der Waals surface area contributed by atoms with Crippen molar-refractivity contribution in [3.8, 4) is 0 Å². The molecule has 3 amide bonds. The second kappa shape index (κ2) is 11.1. The molecule has 2 aromatic carbocycles. The second-order valence-corrected chi connectivity index (χ2v) is 9.70. The van der Waals surface area contributed by atoms with Gasteiger partial charge >= 0.3 is 6.09 Å². The van der Waals surface area contributed by atoms with Gasteiger partial charge in [-0.2, -0.15) is 0 Å². The summed E-state index contributed by atoms with van der Waals surface area (Å²) in [6.07, 6.45) is 0.272. The molecule has 4 rings (SSSR count). The van der Waals surface area contributed by atoms with E-state index in [1.807, 2.05) is 31.2 Å². The Morgan fingerprint density at radius 1 is 1.03 bits per heavy atom. The number of anilines is 1. The van der Waals surface area contributed by atoms with Crippen LogP contribution in [0, 0.1) is 11.7 Å². The minimum Gasteiger partial charge on any atom is -0.465 e. The molecule has 9 heteroatoms. The molecule has 2 fully saturated rings. The average Bonchev–Trinajstić information content (AvgIpc) is 2.88. The molecule has 0 aromatic heterocycles. The van der Waals surface area contributed by atoms with Gasteiger partial charge in [-0.25, -0.2) is 9.18 Å². The van der Waals surface area contributed by atoms with Gasteiger partial charge in [-0.15, -0.1) is 0 Å². The molecule has 2 aliphatic rings. The van der Waals surface area contributed by atoms with E-state index in [0.717, 1.165) is 17.8 Å². The largest absolute Gasteiger partial charge is 0.465 e. The SMILES string of the molecule is C[C@H]1CN(Cc2ccc(N(C)C(=O)C3CCN(C(=O)c4cccc(F)c4)CC3)cc2)CCN1C(=O)O. The minimum atomic E-state index is -0.872. The fraction of sp³-hybridized carbons (Fsp3) is 0.444. The monoisotopic (exact) mass is 496 g/mol. The fourth-order valence-electron chi connectivity index (χ4n) is 5.08. The number of nitrogens with zero attached hydrogens (tertiary/aromatic N) is 4. The molecule has 2 heterocycles. The number of piperidine rings is 1. The Morgan fingerprint density at radius 3 is 2.33 bits per heavy atom. The molecule has 192 valence electrons. The Hall–Kier alpha value is -3.46. The number of carbonyl (C=O) groups is 3. The van der Waals surface area contributed by atoms with Crippen molar-refractivity contribution in [1.29, 1.82) is 0 Å². The molecule has 1 atom stereocenters. The van der Waals surface area contributed by atoms with Gasteiger partial charge in [-0.1, -0.05) is 18.2 Å². The van der Waals surface area contributed by atoms with E-state index in [9.17, 15) is 23.9 Å². The number of benzene rings is 2. The number of rotatable bonds is 5. The Bertz CT molecular complexity index is 1100. The lowest BCUT2D eigenvalue weighted by Crippen LogP contribution is -2.53. The first kappa shape index (κ1) is 25.6. The summed E-state index contributed by atoms with van der Waals surface area (Å²) >= 11 is 0. The third kappa shape index (κ3) is 5.84. The van der Waals surface area contributed by atoms with Crippen molar-refractivity contribution in [3.05, 3.63) is 65.5 Å².